The number of halogens is 1. The summed E-state index contributed by atoms with van der Waals surface area (Å²) in [5, 5.41) is 19.3. The van der Waals surface area contributed by atoms with Crippen LogP contribution in [-0.4, -0.2) is 26.7 Å². The summed E-state index contributed by atoms with van der Waals surface area (Å²) in [6.45, 7) is 1.99. The van der Waals surface area contributed by atoms with Crippen LogP contribution >= 0.6 is 15.9 Å². The lowest BCUT2D eigenvalue weighted by molar-refractivity contribution is 0.262. The Morgan fingerprint density at radius 2 is 1.91 bits per heavy atom. The lowest BCUT2D eigenvalue weighted by Crippen LogP contribution is -2.19. The number of hydrogen-bond acceptors (Lipinski definition) is 4. The molecule has 1 aromatic heterocycles. The van der Waals surface area contributed by atoms with Crippen LogP contribution < -0.4 is 10.6 Å². The van der Waals surface area contributed by atoms with Gasteiger partial charge >= 0.3 is 6.03 Å². The predicted molar refractivity (Wildman–Crippen MR) is 91.1 cm³/mol. The number of aromatic nitrogens is 4. The van der Waals surface area contributed by atoms with E-state index in [0.717, 1.165) is 10.0 Å². The van der Waals surface area contributed by atoms with Gasteiger partial charge in [0.2, 0.25) is 0 Å². The van der Waals surface area contributed by atoms with Crippen molar-refractivity contribution in [2.75, 3.05) is 10.6 Å². The molecule has 3 aromatic rings. The summed E-state index contributed by atoms with van der Waals surface area (Å²) in [7, 11) is 0. The average Bonchev–Trinajstić information content (AvgIpc) is 3.05. The van der Waals surface area contributed by atoms with Crippen LogP contribution in [0.3, 0.4) is 0 Å². The minimum absolute atomic E-state index is 0.343. The minimum Gasteiger partial charge on any atom is -0.308 e. The topological polar surface area (TPSA) is 95.6 Å². The fraction of sp³-hybridized carbons (Fsp3) is 0.0667. The highest BCUT2D eigenvalue weighted by atomic mass is 79.9. The molecule has 0 atom stereocenters. The van der Waals surface area contributed by atoms with Gasteiger partial charge in [0, 0.05) is 15.7 Å². The van der Waals surface area contributed by atoms with Crippen LogP contribution in [0.25, 0.3) is 11.4 Å². The van der Waals surface area contributed by atoms with E-state index in [1.165, 1.54) is 0 Å². The van der Waals surface area contributed by atoms with Crippen molar-refractivity contribution in [1.29, 1.82) is 0 Å². The van der Waals surface area contributed by atoms with Crippen molar-refractivity contribution < 1.29 is 4.79 Å². The maximum atomic E-state index is 12.2. The number of aromatic amines is 1. The summed E-state index contributed by atoms with van der Waals surface area (Å²) in [4.78, 5) is 12.2. The Hall–Kier alpha value is -2.74. The average molecular weight is 373 g/mol. The number of carbonyl (C=O) groups excluding carboxylic acids is 1. The number of nitrogens with one attached hydrogen (secondary N) is 3. The third-order valence-electron chi connectivity index (χ3n) is 3.14. The SMILES string of the molecule is Cc1ccc(NC(=O)Nc2ccc(Br)cc2-c2nnn[nH]2)cc1. The number of anilines is 2. The smallest absolute Gasteiger partial charge is 0.308 e. The van der Waals surface area contributed by atoms with Crippen LogP contribution in [-0.2, 0) is 0 Å². The standard InChI is InChI=1S/C15H13BrN6O/c1-9-2-5-11(6-3-9)17-15(23)18-13-7-4-10(16)8-12(13)14-19-21-22-20-14/h2-8H,1H3,(H2,17,18,23)(H,19,20,21,22). The molecule has 0 fully saturated rings. The summed E-state index contributed by atoms with van der Waals surface area (Å²) in [6, 6.07) is 12.6. The van der Waals surface area contributed by atoms with Gasteiger partial charge in [0.1, 0.15) is 0 Å². The fourth-order valence-corrected chi connectivity index (χ4v) is 2.38. The lowest BCUT2D eigenvalue weighted by atomic mass is 10.1. The van der Waals surface area contributed by atoms with Gasteiger partial charge in [-0.1, -0.05) is 33.6 Å². The Kier molecular flexibility index (Phi) is 4.33. The number of amides is 2. The van der Waals surface area contributed by atoms with Gasteiger partial charge in [-0.3, -0.25) is 0 Å². The summed E-state index contributed by atoms with van der Waals surface area (Å²) >= 11 is 3.40. The molecule has 3 N–H and O–H groups in total. The number of nitrogens with zero attached hydrogens (tertiary/aromatic N) is 3. The monoisotopic (exact) mass is 372 g/mol. The Labute approximate surface area is 140 Å². The van der Waals surface area contributed by atoms with E-state index in [-0.39, 0.29) is 6.03 Å². The molecule has 0 aliphatic carbocycles. The van der Waals surface area contributed by atoms with E-state index in [1.54, 1.807) is 6.07 Å². The van der Waals surface area contributed by atoms with E-state index in [4.69, 9.17) is 0 Å². The van der Waals surface area contributed by atoms with Crippen LogP contribution in [0.2, 0.25) is 0 Å². The van der Waals surface area contributed by atoms with Crippen molar-refractivity contribution >= 4 is 33.3 Å². The van der Waals surface area contributed by atoms with Crippen LogP contribution in [0, 0.1) is 6.92 Å². The van der Waals surface area contributed by atoms with Crippen LogP contribution in [0.1, 0.15) is 5.56 Å². The first-order valence-electron chi connectivity index (χ1n) is 6.80. The van der Waals surface area contributed by atoms with E-state index >= 15 is 0 Å². The number of tetrazole rings is 1. The van der Waals surface area contributed by atoms with E-state index in [1.807, 2.05) is 43.3 Å². The molecule has 0 radical (unpaired) electrons. The molecule has 3 rings (SSSR count). The molecule has 116 valence electrons. The minimum atomic E-state index is -0.343. The Bertz CT molecular complexity index is 816. The molecule has 0 aliphatic rings. The Morgan fingerprint density at radius 1 is 1.13 bits per heavy atom. The van der Waals surface area contributed by atoms with E-state index in [0.29, 0.717) is 22.8 Å². The molecule has 0 spiro atoms. The molecule has 0 unspecified atom stereocenters. The Morgan fingerprint density at radius 3 is 2.61 bits per heavy atom. The molecule has 7 nitrogen and oxygen atoms in total. The van der Waals surface area contributed by atoms with Gasteiger partial charge in [0.15, 0.2) is 5.82 Å². The van der Waals surface area contributed by atoms with Crippen molar-refractivity contribution in [1.82, 2.24) is 20.6 Å². The molecular formula is C15H13BrN6O. The van der Waals surface area contributed by atoms with Gasteiger partial charge < -0.3 is 10.6 Å². The van der Waals surface area contributed by atoms with Crippen molar-refractivity contribution in [3.63, 3.8) is 0 Å². The van der Waals surface area contributed by atoms with Crippen LogP contribution in [0.4, 0.5) is 16.2 Å². The van der Waals surface area contributed by atoms with Gasteiger partial charge in [-0.25, -0.2) is 9.89 Å². The molecule has 2 amide bonds. The summed E-state index contributed by atoms with van der Waals surface area (Å²) < 4.78 is 0.855. The van der Waals surface area contributed by atoms with E-state index in [9.17, 15) is 4.79 Å². The molecular weight excluding hydrogens is 360 g/mol. The molecule has 0 saturated heterocycles. The van der Waals surface area contributed by atoms with Crippen LogP contribution in [0.15, 0.2) is 46.9 Å². The van der Waals surface area contributed by atoms with Crippen molar-refractivity contribution in [3.05, 3.63) is 52.5 Å². The summed E-state index contributed by atoms with van der Waals surface area (Å²) in [5.74, 6) is 0.469. The van der Waals surface area contributed by atoms with Gasteiger partial charge in [-0.15, -0.1) is 5.10 Å². The van der Waals surface area contributed by atoms with Gasteiger partial charge in [0.05, 0.1) is 5.69 Å². The first kappa shape index (κ1) is 15.2. The van der Waals surface area contributed by atoms with E-state index < -0.39 is 0 Å². The summed E-state index contributed by atoms with van der Waals surface area (Å²) in [5.41, 5.74) is 3.12. The van der Waals surface area contributed by atoms with Crippen molar-refractivity contribution in [2.24, 2.45) is 0 Å². The summed E-state index contributed by atoms with van der Waals surface area (Å²) in [6.07, 6.45) is 0. The third-order valence-corrected chi connectivity index (χ3v) is 3.63. The number of H-pyrrole nitrogens is 1. The number of carbonyl (C=O) groups is 1. The first-order chi connectivity index (χ1) is 11.1. The highest BCUT2D eigenvalue weighted by molar-refractivity contribution is 9.10. The maximum Gasteiger partial charge on any atom is 0.323 e. The lowest BCUT2D eigenvalue weighted by Gasteiger charge is -2.11. The first-order valence-corrected chi connectivity index (χ1v) is 7.59. The highest BCUT2D eigenvalue weighted by Gasteiger charge is 2.12. The zero-order chi connectivity index (χ0) is 16.2. The second kappa shape index (κ2) is 6.57. The third kappa shape index (κ3) is 3.72. The zero-order valence-electron chi connectivity index (χ0n) is 12.2. The van der Waals surface area contributed by atoms with Gasteiger partial charge in [-0.2, -0.15) is 0 Å². The molecule has 1 heterocycles. The number of rotatable bonds is 3. The largest absolute Gasteiger partial charge is 0.323 e. The maximum absolute atomic E-state index is 12.2. The number of aryl methyl sites for hydroxylation is 1. The van der Waals surface area contributed by atoms with Crippen molar-refractivity contribution in [3.8, 4) is 11.4 Å². The number of benzene rings is 2. The van der Waals surface area contributed by atoms with Crippen molar-refractivity contribution in [2.45, 2.75) is 6.92 Å². The molecule has 8 heteroatoms. The second-order valence-electron chi connectivity index (χ2n) is 4.88. The van der Waals surface area contributed by atoms with Gasteiger partial charge in [0.25, 0.3) is 0 Å². The zero-order valence-corrected chi connectivity index (χ0v) is 13.8. The second-order valence-corrected chi connectivity index (χ2v) is 5.80. The van der Waals surface area contributed by atoms with E-state index in [2.05, 4.69) is 47.2 Å². The Balaban J connectivity index is 1.80. The molecule has 0 saturated carbocycles. The highest BCUT2D eigenvalue weighted by Crippen LogP contribution is 2.28. The fourth-order valence-electron chi connectivity index (χ4n) is 2.02. The molecule has 0 bridgehead atoms. The van der Waals surface area contributed by atoms with Gasteiger partial charge in [-0.05, 0) is 47.7 Å². The predicted octanol–water partition coefficient (Wildman–Crippen LogP) is 3.58. The molecule has 0 aliphatic heterocycles. The molecule has 23 heavy (non-hydrogen) atoms. The van der Waals surface area contributed by atoms with Crippen LogP contribution in [0.5, 0.6) is 0 Å². The number of hydrogen-bond donors (Lipinski definition) is 3. The quantitative estimate of drug-likeness (QED) is 0.654. The normalized spacial score (nSPS) is 10.3. The number of urea groups is 1. The molecule has 2 aromatic carbocycles.